The molecule has 5 heteroatoms. The number of nitrogens with one attached hydrogen (secondary N) is 1. The van der Waals surface area contributed by atoms with Gasteiger partial charge in [-0.05, 0) is 6.07 Å². The second-order valence-electron chi connectivity index (χ2n) is 4.46. The van der Waals surface area contributed by atoms with Gasteiger partial charge < -0.3 is 14.8 Å². The molecule has 0 aromatic heterocycles. The standard InChI is InChI=1S/C14H19NO3S/c16-14(15-6-8-19)9-11-3-1-2-4-13(11)18-12-5-7-17-10-12/h1-4,12,19H,5-10H2,(H,15,16). The highest BCUT2D eigenvalue weighted by Crippen LogP contribution is 2.22. The monoisotopic (exact) mass is 281 g/mol. The van der Waals surface area contributed by atoms with Gasteiger partial charge in [0, 0.05) is 24.3 Å². The van der Waals surface area contributed by atoms with Gasteiger partial charge in [0.25, 0.3) is 0 Å². The Labute approximate surface area is 118 Å². The average molecular weight is 281 g/mol. The van der Waals surface area contributed by atoms with E-state index in [1.807, 2.05) is 24.3 Å². The quantitative estimate of drug-likeness (QED) is 0.776. The first kappa shape index (κ1) is 14.2. The van der Waals surface area contributed by atoms with Gasteiger partial charge in [0.1, 0.15) is 11.9 Å². The normalized spacial score (nSPS) is 18.3. The summed E-state index contributed by atoms with van der Waals surface area (Å²) < 4.78 is 11.2. The Bertz CT molecular complexity index is 419. The first-order valence-corrected chi connectivity index (χ1v) is 7.12. The lowest BCUT2D eigenvalue weighted by molar-refractivity contribution is -0.120. The van der Waals surface area contributed by atoms with Crippen molar-refractivity contribution in [3.8, 4) is 5.75 Å². The zero-order valence-corrected chi connectivity index (χ0v) is 11.7. The van der Waals surface area contributed by atoms with E-state index in [0.29, 0.717) is 25.3 Å². The van der Waals surface area contributed by atoms with Crippen molar-refractivity contribution in [1.29, 1.82) is 0 Å². The first-order valence-electron chi connectivity index (χ1n) is 6.49. The smallest absolute Gasteiger partial charge is 0.224 e. The number of amides is 1. The highest BCUT2D eigenvalue weighted by atomic mass is 32.1. The lowest BCUT2D eigenvalue weighted by Gasteiger charge is -2.15. The van der Waals surface area contributed by atoms with Crippen molar-refractivity contribution < 1.29 is 14.3 Å². The van der Waals surface area contributed by atoms with Crippen LogP contribution in [0.5, 0.6) is 5.75 Å². The number of rotatable bonds is 6. The topological polar surface area (TPSA) is 47.6 Å². The largest absolute Gasteiger partial charge is 0.488 e. The van der Waals surface area contributed by atoms with Crippen LogP contribution in [0, 0.1) is 0 Å². The third-order valence-electron chi connectivity index (χ3n) is 2.94. The molecule has 0 bridgehead atoms. The summed E-state index contributed by atoms with van der Waals surface area (Å²) in [7, 11) is 0. The van der Waals surface area contributed by atoms with Crippen LogP contribution in [0.25, 0.3) is 0 Å². The maximum absolute atomic E-state index is 11.7. The fourth-order valence-electron chi connectivity index (χ4n) is 1.98. The second kappa shape index (κ2) is 7.40. The lowest BCUT2D eigenvalue weighted by Crippen LogP contribution is -2.27. The van der Waals surface area contributed by atoms with Gasteiger partial charge in [0.15, 0.2) is 0 Å². The van der Waals surface area contributed by atoms with Crippen molar-refractivity contribution in [2.24, 2.45) is 0 Å². The van der Waals surface area contributed by atoms with Crippen molar-refractivity contribution in [2.75, 3.05) is 25.5 Å². The number of hydrogen-bond acceptors (Lipinski definition) is 4. The van der Waals surface area contributed by atoms with E-state index in [4.69, 9.17) is 9.47 Å². The number of carbonyl (C=O) groups excluding carboxylic acids is 1. The Hall–Kier alpha value is -1.20. The molecule has 1 aromatic carbocycles. The minimum absolute atomic E-state index is 0.00669. The minimum Gasteiger partial charge on any atom is -0.488 e. The van der Waals surface area contributed by atoms with Crippen molar-refractivity contribution in [3.05, 3.63) is 29.8 Å². The summed E-state index contributed by atoms with van der Waals surface area (Å²) in [5.74, 6) is 1.41. The van der Waals surface area contributed by atoms with Gasteiger partial charge in [-0.15, -0.1) is 0 Å². The number of benzene rings is 1. The fourth-order valence-corrected chi connectivity index (χ4v) is 2.09. The van der Waals surface area contributed by atoms with Crippen LogP contribution in [0.1, 0.15) is 12.0 Å². The number of para-hydroxylation sites is 1. The van der Waals surface area contributed by atoms with Gasteiger partial charge >= 0.3 is 0 Å². The summed E-state index contributed by atoms with van der Waals surface area (Å²) in [6.07, 6.45) is 1.33. The molecule has 1 amide bonds. The number of ether oxygens (including phenoxy) is 2. The molecular formula is C14H19NO3S. The lowest BCUT2D eigenvalue weighted by atomic mass is 10.1. The molecule has 0 spiro atoms. The van der Waals surface area contributed by atoms with Crippen LogP contribution in [0.3, 0.4) is 0 Å². The van der Waals surface area contributed by atoms with Gasteiger partial charge in [-0.1, -0.05) is 18.2 Å². The van der Waals surface area contributed by atoms with E-state index >= 15 is 0 Å². The van der Waals surface area contributed by atoms with Crippen molar-refractivity contribution in [3.63, 3.8) is 0 Å². The molecule has 1 heterocycles. The summed E-state index contributed by atoms with van der Waals surface area (Å²) in [5, 5.41) is 2.81. The fraction of sp³-hybridized carbons (Fsp3) is 0.500. The Morgan fingerprint density at radius 2 is 2.32 bits per heavy atom. The number of hydrogen-bond donors (Lipinski definition) is 2. The highest BCUT2D eigenvalue weighted by molar-refractivity contribution is 7.80. The highest BCUT2D eigenvalue weighted by Gasteiger charge is 2.18. The molecule has 1 fully saturated rings. The van der Waals surface area contributed by atoms with E-state index in [2.05, 4.69) is 17.9 Å². The zero-order valence-electron chi connectivity index (χ0n) is 10.8. The van der Waals surface area contributed by atoms with E-state index in [1.165, 1.54) is 0 Å². The maximum atomic E-state index is 11.7. The zero-order chi connectivity index (χ0) is 13.5. The van der Waals surface area contributed by atoms with Crippen molar-refractivity contribution in [2.45, 2.75) is 18.9 Å². The van der Waals surface area contributed by atoms with Crippen LogP contribution < -0.4 is 10.1 Å². The maximum Gasteiger partial charge on any atom is 0.224 e. The van der Waals surface area contributed by atoms with E-state index in [1.54, 1.807) is 0 Å². The third-order valence-corrected chi connectivity index (χ3v) is 3.16. The Balaban J connectivity index is 1.97. The molecule has 1 aliphatic heterocycles. The summed E-state index contributed by atoms with van der Waals surface area (Å²) >= 11 is 4.07. The predicted octanol–water partition coefficient (Wildman–Crippen LogP) is 1.44. The van der Waals surface area contributed by atoms with E-state index < -0.39 is 0 Å². The number of carbonyl (C=O) groups is 1. The minimum atomic E-state index is -0.00669. The molecule has 1 saturated heterocycles. The first-order chi connectivity index (χ1) is 9.29. The van der Waals surface area contributed by atoms with Crippen LogP contribution in [-0.4, -0.2) is 37.5 Å². The van der Waals surface area contributed by atoms with Gasteiger partial charge in [0.05, 0.1) is 19.6 Å². The SMILES string of the molecule is O=C(Cc1ccccc1OC1CCOC1)NCCS. The van der Waals surface area contributed by atoms with Crippen LogP contribution >= 0.6 is 12.6 Å². The summed E-state index contributed by atoms with van der Waals surface area (Å²) in [4.78, 5) is 11.7. The second-order valence-corrected chi connectivity index (χ2v) is 4.91. The molecular weight excluding hydrogens is 262 g/mol. The molecule has 2 rings (SSSR count). The van der Waals surface area contributed by atoms with E-state index in [9.17, 15) is 4.79 Å². The Kier molecular flexibility index (Phi) is 5.54. The Morgan fingerprint density at radius 1 is 1.47 bits per heavy atom. The summed E-state index contributed by atoms with van der Waals surface area (Å²) in [6.45, 7) is 1.96. The molecule has 1 aromatic rings. The van der Waals surface area contributed by atoms with Crippen molar-refractivity contribution in [1.82, 2.24) is 5.32 Å². The molecule has 1 N–H and O–H groups in total. The van der Waals surface area contributed by atoms with Gasteiger partial charge in [-0.3, -0.25) is 4.79 Å². The van der Waals surface area contributed by atoms with Gasteiger partial charge in [-0.2, -0.15) is 12.6 Å². The Morgan fingerprint density at radius 3 is 3.05 bits per heavy atom. The molecule has 104 valence electrons. The van der Waals surface area contributed by atoms with Gasteiger partial charge in [-0.25, -0.2) is 0 Å². The number of thiol groups is 1. The molecule has 0 aliphatic carbocycles. The third kappa shape index (κ3) is 4.44. The van der Waals surface area contributed by atoms with Crippen LogP contribution in [0.15, 0.2) is 24.3 Å². The van der Waals surface area contributed by atoms with Crippen LogP contribution in [0.4, 0.5) is 0 Å². The van der Waals surface area contributed by atoms with E-state index in [-0.39, 0.29) is 12.0 Å². The summed E-state index contributed by atoms with van der Waals surface area (Å²) in [5.41, 5.74) is 0.908. The summed E-state index contributed by atoms with van der Waals surface area (Å²) in [6, 6.07) is 7.66. The van der Waals surface area contributed by atoms with Crippen molar-refractivity contribution >= 4 is 18.5 Å². The molecule has 1 aliphatic rings. The van der Waals surface area contributed by atoms with Crippen LogP contribution in [0.2, 0.25) is 0 Å². The van der Waals surface area contributed by atoms with Crippen LogP contribution in [-0.2, 0) is 16.0 Å². The average Bonchev–Trinajstić information content (AvgIpc) is 2.91. The molecule has 19 heavy (non-hydrogen) atoms. The molecule has 4 nitrogen and oxygen atoms in total. The van der Waals surface area contributed by atoms with Gasteiger partial charge in [0.2, 0.25) is 5.91 Å². The molecule has 1 atom stereocenters. The molecule has 0 saturated carbocycles. The van der Waals surface area contributed by atoms with E-state index in [0.717, 1.165) is 24.3 Å². The predicted molar refractivity (Wildman–Crippen MR) is 76.9 cm³/mol. The molecule has 1 unspecified atom stereocenters. The molecule has 0 radical (unpaired) electrons.